The summed E-state index contributed by atoms with van der Waals surface area (Å²) in [5.74, 6) is -1.49. The molecule has 4 rings (SSSR count). The zero-order chi connectivity index (χ0) is 22.2. The molecule has 2 aliphatic rings. The van der Waals surface area contributed by atoms with Gasteiger partial charge in [0.25, 0.3) is 0 Å². The van der Waals surface area contributed by atoms with Crippen molar-refractivity contribution in [3.8, 4) is 0 Å². The average Bonchev–Trinajstić information content (AvgIpc) is 3.44. The van der Waals surface area contributed by atoms with E-state index in [9.17, 15) is 22.4 Å². The molecule has 1 saturated heterocycles. The molecule has 1 fully saturated rings. The first-order chi connectivity index (χ1) is 14.8. The van der Waals surface area contributed by atoms with Gasteiger partial charge in [0.05, 0.1) is 17.1 Å². The van der Waals surface area contributed by atoms with E-state index >= 15 is 0 Å². The summed E-state index contributed by atoms with van der Waals surface area (Å²) in [5, 5.41) is 3.21. The van der Waals surface area contributed by atoms with Crippen LogP contribution in [0.4, 0.5) is 9.39 Å². The summed E-state index contributed by atoms with van der Waals surface area (Å²) >= 11 is 1.35. The fraction of sp³-hybridized carbons (Fsp3) is 0.429. The van der Waals surface area contributed by atoms with Crippen LogP contribution in [0.5, 0.6) is 0 Å². The lowest BCUT2D eigenvalue weighted by molar-refractivity contribution is -0.119. The highest BCUT2D eigenvalue weighted by molar-refractivity contribution is 7.89. The lowest BCUT2D eigenvalue weighted by Gasteiger charge is -2.23. The molecule has 2 heterocycles. The van der Waals surface area contributed by atoms with Crippen LogP contribution >= 0.6 is 11.3 Å². The normalized spacial score (nSPS) is 18.7. The molecule has 1 unspecified atom stereocenters. The number of benzene rings is 1. The summed E-state index contributed by atoms with van der Waals surface area (Å²) < 4.78 is 45.6. The first-order valence-corrected chi connectivity index (χ1v) is 12.5. The van der Waals surface area contributed by atoms with Crippen LogP contribution < -0.4 is 5.32 Å². The summed E-state index contributed by atoms with van der Waals surface area (Å²) in [7, 11) is -3.96. The monoisotopic (exact) mass is 466 g/mol. The van der Waals surface area contributed by atoms with Crippen molar-refractivity contribution in [1.29, 1.82) is 0 Å². The van der Waals surface area contributed by atoms with Gasteiger partial charge in [-0.15, -0.1) is 11.3 Å². The second-order valence-corrected chi connectivity index (χ2v) is 10.5. The van der Waals surface area contributed by atoms with E-state index in [4.69, 9.17) is 4.74 Å². The lowest BCUT2D eigenvalue weighted by Crippen LogP contribution is -2.43. The maximum absolute atomic E-state index is 13.2. The van der Waals surface area contributed by atoms with Crippen molar-refractivity contribution in [3.63, 3.8) is 0 Å². The van der Waals surface area contributed by atoms with Crippen molar-refractivity contribution < 1.29 is 27.1 Å². The lowest BCUT2D eigenvalue weighted by atomic mass is 10.1. The van der Waals surface area contributed by atoms with Crippen LogP contribution in [0.1, 0.15) is 47.0 Å². The number of carbonyl (C=O) groups is 2. The summed E-state index contributed by atoms with van der Waals surface area (Å²) in [6, 6.07) is 3.65. The molecule has 0 saturated carbocycles. The Morgan fingerprint density at radius 3 is 2.68 bits per heavy atom. The topological polar surface area (TPSA) is 92.8 Å². The molecule has 166 valence electrons. The molecule has 1 aliphatic carbocycles. The molecule has 31 heavy (non-hydrogen) atoms. The van der Waals surface area contributed by atoms with E-state index in [1.165, 1.54) is 23.5 Å². The molecule has 1 N–H and O–H groups in total. The van der Waals surface area contributed by atoms with Gasteiger partial charge in [0.1, 0.15) is 16.9 Å². The number of hydrogen-bond acceptors (Lipinski definition) is 6. The van der Waals surface area contributed by atoms with Crippen LogP contribution in [-0.2, 0) is 32.4 Å². The maximum Gasteiger partial charge on any atom is 0.341 e. The Hall–Kier alpha value is -2.30. The molecule has 2 aromatic rings. The van der Waals surface area contributed by atoms with Gasteiger partial charge < -0.3 is 10.1 Å². The molecule has 1 aromatic carbocycles. The molecular formula is C21H23FN2O5S2. The quantitative estimate of drug-likeness (QED) is 0.659. The third kappa shape index (κ3) is 4.11. The number of aryl methyl sites for hydroxylation is 1. The molecular weight excluding hydrogens is 443 g/mol. The van der Waals surface area contributed by atoms with Gasteiger partial charge in [0, 0.05) is 11.4 Å². The average molecular weight is 467 g/mol. The fourth-order valence-electron chi connectivity index (χ4n) is 4.14. The number of nitrogens with one attached hydrogen (secondary N) is 1. The Morgan fingerprint density at radius 2 is 1.97 bits per heavy atom. The number of nitrogens with zero attached hydrogens (tertiary/aromatic N) is 1. The number of sulfonamides is 1. The second-order valence-electron chi connectivity index (χ2n) is 7.50. The Labute approximate surface area is 184 Å². The van der Waals surface area contributed by atoms with E-state index in [0.29, 0.717) is 23.4 Å². The number of rotatable bonds is 6. The Balaban J connectivity index is 1.59. The minimum absolute atomic E-state index is 0.0593. The highest BCUT2D eigenvalue weighted by atomic mass is 32.2. The van der Waals surface area contributed by atoms with Crippen molar-refractivity contribution in [2.75, 3.05) is 18.5 Å². The van der Waals surface area contributed by atoms with Gasteiger partial charge in [-0.1, -0.05) is 0 Å². The third-order valence-corrected chi connectivity index (χ3v) is 8.69. The SMILES string of the molecule is CCOC(=O)c1c(NC(=O)C2CCCN2S(=O)(=O)c2ccc(F)cc2)sc2c1CCC2. The van der Waals surface area contributed by atoms with Gasteiger partial charge in [-0.2, -0.15) is 4.31 Å². The van der Waals surface area contributed by atoms with Crippen molar-refractivity contribution in [2.45, 2.75) is 50.0 Å². The molecule has 0 spiro atoms. The van der Waals surface area contributed by atoms with Crippen LogP contribution in [0.25, 0.3) is 0 Å². The first kappa shape index (κ1) is 21.9. The second kappa shape index (κ2) is 8.68. The van der Waals surface area contributed by atoms with E-state index in [0.717, 1.165) is 46.1 Å². The molecule has 1 aliphatic heterocycles. The van der Waals surface area contributed by atoms with Crippen LogP contribution in [0.2, 0.25) is 0 Å². The van der Waals surface area contributed by atoms with Gasteiger partial charge in [-0.05, 0) is 68.9 Å². The first-order valence-electron chi connectivity index (χ1n) is 10.2. The van der Waals surface area contributed by atoms with Crippen molar-refractivity contribution in [3.05, 3.63) is 46.1 Å². The molecule has 0 bridgehead atoms. The summed E-state index contributed by atoms with van der Waals surface area (Å²) in [6.45, 7) is 2.14. The molecule has 7 nitrogen and oxygen atoms in total. The molecule has 0 radical (unpaired) electrons. The zero-order valence-corrected chi connectivity index (χ0v) is 18.7. The fourth-order valence-corrected chi connectivity index (χ4v) is 7.08. The highest BCUT2D eigenvalue weighted by Crippen LogP contribution is 2.40. The molecule has 1 aromatic heterocycles. The smallest absolute Gasteiger partial charge is 0.341 e. The number of esters is 1. The summed E-state index contributed by atoms with van der Waals surface area (Å²) in [5.41, 5.74) is 1.31. The zero-order valence-electron chi connectivity index (χ0n) is 17.0. The number of carbonyl (C=O) groups excluding carboxylic acids is 2. The van der Waals surface area contributed by atoms with Crippen LogP contribution in [0.15, 0.2) is 29.2 Å². The van der Waals surface area contributed by atoms with E-state index in [-0.39, 0.29) is 18.0 Å². The number of thiophene rings is 1. The number of hydrogen-bond donors (Lipinski definition) is 1. The molecule has 1 amide bonds. The minimum Gasteiger partial charge on any atom is -0.462 e. The van der Waals surface area contributed by atoms with Crippen molar-refractivity contribution in [1.82, 2.24) is 4.31 Å². The molecule has 10 heteroatoms. The number of fused-ring (bicyclic) bond motifs is 1. The van der Waals surface area contributed by atoms with E-state index in [2.05, 4.69) is 5.32 Å². The summed E-state index contributed by atoms with van der Waals surface area (Å²) in [6.07, 6.45) is 3.45. The Bertz CT molecular complexity index is 1110. The number of halogens is 1. The summed E-state index contributed by atoms with van der Waals surface area (Å²) in [4.78, 5) is 26.6. The van der Waals surface area contributed by atoms with E-state index in [1.807, 2.05) is 0 Å². The number of ether oxygens (including phenoxy) is 1. The van der Waals surface area contributed by atoms with Crippen molar-refractivity contribution in [2.24, 2.45) is 0 Å². The van der Waals surface area contributed by atoms with Gasteiger partial charge in [-0.3, -0.25) is 4.79 Å². The minimum atomic E-state index is -3.96. The van der Waals surface area contributed by atoms with Gasteiger partial charge in [0.15, 0.2) is 0 Å². The maximum atomic E-state index is 13.2. The Kier molecular flexibility index (Phi) is 6.14. The standard InChI is InChI=1S/C21H23FN2O5S2/c1-2-29-21(26)18-15-5-3-7-17(15)30-20(18)23-19(25)16-6-4-12-24(16)31(27,28)14-10-8-13(22)9-11-14/h8-11,16H,2-7,12H2,1H3,(H,23,25). The van der Waals surface area contributed by atoms with E-state index in [1.54, 1.807) is 6.92 Å². The number of anilines is 1. The predicted molar refractivity (Wildman–Crippen MR) is 114 cm³/mol. The van der Waals surface area contributed by atoms with Crippen LogP contribution in [-0.4, -0.2) is 43.8 Å². The molecule has 1 atom stereocenters. The largest absolute Gasteiger partial charge is 0.462 e. The van der Waals surface area contributed by atoms with E-state index < -0.39 is 33.8 Å². The van der Waals surface area contributed by atoms with Gasteiger partial charge in [0.2, 0.25) is 15.9 Å². The van der Waals surface area contributed by atoms with Crippen LogP contribution in [0.3, 0.4) is 0 Å². The predicted octanol–water partition coefficient (Wildman–Crippen LogP) is 3.34. The van der Waals surface area contributed by atoms with Crippen molar-refractivity contribution >= 4 is 38.2 Å². The van der Waals surface area contributed by atoms with Gasteiger partial charge in [-0.25, -0.2) is 17.6 Å². The van der Waals surface area contributed by atoms with Crippen LogP contribution in [0, 0.1) is 5.82 Å². The number of amides is 1. The third-order valence-electron chi connectivity index (χ3n) is 5.56. The Morgan fingerprint density at radius 1 is 1.23 bits per heavy atom. The highest BCUT2D eigenvalue weighted by Gasteiger charge is 2.40. The van der Waals surface area contributed by atoms with Gasteiger partial charge >= 0.3 is 5.97 Å².